The number of carbonyl (C=O) groups is 1. The second-order valence-corrected chi connectivity index (χ2v) is 5.09. The summed E-state index contributed by atoms with van der Waals surface area (Å²) in [6, 6.07) is 12.3. The van der Waals surface area contributed by atoms with Gasteiger partial charge in [0, 0.05) is 13.0 Å². The molecular weight excluding hydrogens is 269 g/mol. The molecule has 0 aromatic heterocycles. The van der Waals surface area contributed by atoms with Crippen LogP contribution in [0.2, 0.25) is 0 Å². The summed E-state index contributed by atoms with van der Waals surface area (Å²) in [5.41, 5.74) is 2.62. The van der Waals surface area contributed by atoms with E-state index >= 15 is 0 Å². The molecule has 0 spiro atoms. The van der Waals surface area contributed by atoms with Crippen LogP contribution < -0.4 is 10.1 Å². The standard InChI is InChI=1S/C17H16FNO2/c18-15-4-2-1-3-13(15)10-17(20)19-11-12-5-6-16-14(9-12)7-8-21-16/h1-6,9H,7-8,10-11H2,(H,19,20). The number of hydrogen-bond acceptors (Lipinski definition) is 2. The third kappa shape index (κ3) is 3.21. The fraction of sp³-hybridized carbons (Fsp3) is 0.235. The maximum Gasteiger partial charge on any atom is 0.224 e. The third-order valence-electron chi connectivity index (χ3n) is 3.55. The van der Waals surface area contributed by atoms with Crippen LogP contribution in [0.1, 0.15) is 16.7 Å². The summed E-state index contributed by atoms with van der Waals surface area (Å²) in [4.78, 5) is 11.9. The summed E-state index contributed by atoms with van der Waals surface area (Å²) >= 11 is 0. The van der Waals surface area contributed by atoms with Crippen molar-refractivity contribution in [3.63, 3.8) is 0 Å². The summed E-state index contributed by atoms with van der Waals surface area (Å²) < 4.78 is 18.9. The zero-order valence-electron chi connectivity index (χ0n) is 11.6. The zero-order chi connectivity index (χ0) is 14.7. The van der Waals surface area contributed by atoms with Crippen molar-refractivity contribution >= 4 is 5.91 Å². The van der Waals surface area contributed by atoms with E-state index in [0.717, 1.165) is 24.3 Å². The maximum atomic E-state index is 13.5. The summed E-state index contributed by atoms with van der Waals surface area (Å²) in [5, 5.41) is 2.82. The topological polar surface area (TPSA) is 38.3 Å². The van der Waals surface area contributed by atoms with Gasteiger partial charge in [0.25, 0.3) is 0 Å². The highest BCUT2D eigenvalue weighted by Gasteiger charge is 2.12. The SMILES string of the molecule is O=C(Cc1ccccc1F)NCc1ccc2c(c1)CCO2. The van der Waals surface area contributed by atoms with Crippen molar-refractivity contribution in [1.82, 2.24) is 5.32 Å². The van der Waals surface area contributed by atoms with Gasteiger partial charge in [-0.25, -0.2) is 4.39 Å². The van der Waals surface area contributed by atoms with Crippen LogP contribution in [0, 0.1) is 5.82 Å². The molecule has 0 aliphatic carbocycles. The van der Waals surface area contributed by atoms with Crippen molar-refractivity contribution in [1.29, 1.82) is 0 Å². The van der Waals surface area contributed by atoms with Crippen LogP contribution in [0.5, 0.6) is 5.75 Å². The lowest BCUT2D eigenvalue weighted by molar-refractivity contribution is -0.120. The van der Waals surface area contributed by atoms with Crippen molar-refractivity contribution < 1.29 is 13.9 Å². The van der Waals surface area contributed by atoms with Gasteiger partial charge in [-0.1, -0.05) is 30.3 Å². The summed E-state index contributed by atoms with van der Waals surface area (Å²) in [6.45, 7) is 1.17. The number of nitrogens with one attached hydrogen (secondary N) is 1. The van der Waals surface area contributed by atoms with Gasteiger partial charge in [0.2, 0.25) is 5.91 Å². The molecule has 0 unspecified atom stereocenters. The maximum absolute atomic E-state index is 13.5. The first-order valence-corrected chi connectivity index (χ1v) is 6.97. The third-order valence-corrected chi connectivity index (χ3v) is 3.55. The van der Waals surface area contributed by atoms with E-state index in [1.807, 2.05) is 18.2 Å². The quantitative estimate of drug-likeness (QED) is 0.937. The molecule has 3 rings (SSSR count). The molecule has 0 radical (unpaired) electrons. The average molecular weight is 285 g/mol. The zero-order valence-corrected chi connectivity index (χ0v) is 11.6. The van der Waals surface area contributed by atoms with Crippen molar-refractivity contribution in [2.75, 3.05) is 6.61 Å². The normalized spacial score (nSPS) is 12.6. The van der Waals surface area contributed by atoms with E-state index in [1.54, 1.807) is 18.2 Å². The van der Waals surface area contributed by atoms with Crippen LogP contribution >= 0.6 is 0 Å². The molecule has 0 fully saturated rings. The average Bonchev–Trinajstić information content (AvgIpc) is 2.95. The van der Waals surface area contributed by atoms with Crippen LogP contribution in [0.15, 0.2) is 42.5 Å². The van der Waals surface area contributed by atoms with Gasteiger partial charge in [-0.15, -0.1) is 0 Å². The number of rotatable bonds is 4. The Hall–Kier alpha value is -2.36. The molecule has 1 amide bonds. The number of halogens is 1. The van der Waals surface area contributed by atoms with Crippen molar-refractivity contribution in [3.05, 3.63) is 65.0 Å². The van der Waals surface area contributed by atoms with Gasteiger partial charge in [-0.2, -0.15) is 0 Å². The second kappa shape index (κ2) is 5.95. The largest absolute Gasteiger partial charge is 0.493 e. The van der Waals surface area contributed by atoms with Gasteiger partial charge in [0.05, 0.1) is 13.0 Å². The number of amides is 1. The fourth-order valence-electron chi connectivity index (χ4n) is 2.43. The van der Waals surface area contributed by atoms with E-state index in [2.05, 4.69) is 5.32 Å². The van der Waals surface area contributed by atoms with Gasteiger partial charge >= 0.3 is 0 Å². The Morgan fingerprint density at radius 3 is 2.95 bits per heavy atom. The summed E-state index contributed by atoms with van der Waals surface area (Å²) in [6.07, 6.45) is 0.965. The molecule has 0 bridgehead atoms. The number of fused-ring (bicyclic) bond motifs is 1. The van der Waals surface area contributed by atoms with Gasteiger partial charge < -0.3 is 10.1 Å². The van der Waals surface area contributed by atoms with Crippen molar-refractivity contribution in [2.45, 2.75) is 19.4 Å². The lowest BCUT2D eigenvalue weighted by Gasteiger charge is -2.07. The van der Waals surface area contributed by atoms with Gasteiger partial charge in [0.15, 0.2) is 0 Å². The first-order chi connectivity index (χ1) is 10.2. The van der Waals surface area contributed by atoms with E-state index in [0.29, 0.717) is 12.1 Å². The smallest absolute Gasteiger partial charge is 0.224 e. The highest BCUT2D eigenvalue weighted by atomic mass is 19.1. The van der Waals surface area contributed by atoms with Crippen molar-refractivity contribution in [2.24, 2.45) is 0 Å². The number of carbonyl (C=O) groups excluding carboxylic acids is 1. The molecule has 1 aliphatic rings. The van der Waals surface area contributed by atoms with Crippen LogP contribution in [0.3, 0.4) is 0 Å². The Labute approximate surface area is 122 Å². The Bertz CT molecular complexity index is 670. The Morgan fingerprint density at radius 1 is 1.24 bits per heavy atom. The molecule has 1 aliphatic heterocycles. The lowest BCUT2D eigenvalue weighted by atomic mass is 10.1. The number of ether oxygens (including phenoxy) is 1. The summed E-state index contributed by atoms with van der Waals surface area (Å²) in [7, 11) is 0. The molecule has 0 atom stereocenters. The Morgan fingerprint density at radius 2 is 2.10 bits per heavy atom. The first kappa shape index (κ1) is 13.6. The van der Waals surface area contributed by atoms with Gasteiger partial charge in [0.1, 0.15) is 11.6 Å². The van der Waals surface area contributed by atoms with E-state index in [9.17, 15) is 9.18 Å². The fourth-order valence-corrected chi connectivity index (χ4v) is 2.43. The predicted molar refractivity (Wildman–Crippen MR) is 77.6 cm³/mol. The minimum absolute atomic E-state index is 0.0563. The minimum Gasteiger partial charge on any atom is -0.493 e. The minimum atomic E-state index is -0.345. The van der Waals surface area contributed by atoms with E-state index in [-0.39, 0.29) is 18.1 Å². The van der Waals surface area contributed by atoms with Crippen molar-refractivity contribution in [3.8, 4) is 5.75 Å². The van der Waals surface area contributed by atoms with Crippen LogP contribution in [0.25, 0.3) is 0 Å². The van der Waals surface area contributed by atoms with Gasteiger partial charge in [-0.05, 0) is 28.8 Å². The number of hydrogen-bond donors (Lipinski definition) is 1. The Kier molecular flexibility index (Phi) is 3.86. The van der Waals surface area contributed by atoms with Crippen LogP contribution in [-0.2, 0) is 24.2 Å². The van der Waals surface area contributed by atoms with Gasteiger partial charge in [-0.3, -0.25) is 4.79 Å². The molecule has 2 aromatic rings. The molecule has 1 N–H and O–H groups in total. The Balaban J connectivity index is 1.58. The first-order valence-electron chi connectivity index (χ1n) is 6.97. The van der Waals surface area contributed by atoms with E-state index in [1.165, 1.54) is 11.6 Å². The molecule has 1 heterocycles. The van der Waals surface area contributed by atoms with E-state index in [4.69, 9.17) is 4.74 Å². The molecule has 4 heteroatoms. The molecule has 0 saturated heterocycles. The molecule has 21 heavy (non-hydrogen) atoms. The molecule has 108 valence electrons. The van der Waals surface area contributed by atoms with E-state index < -0.39 is 0 Å². The number of benzene rings is 2. The molecule has 2 aromatic carbocycles. The van der Waals surface area contributed by atoms with Crippen LogP contribution in [-0.4, -0.2) is 12.5 Å². The highest BCUT2D eigenvalue weighted by molar-refractivity contribution is 5.78. The predicted octanol–water partition coefficient (Wildman–Crippen LogP) is 2.62. The van der Waals surface area contributed by atoms with Crippen LogP contribution in [0.4, 0.5) is 4.39 Å². The monoisotopic (exact) mass is 285 g/mol. The summed E-state index contributed by atoms with van der Waals surface area (Å²) in [5.74, 6) is 0.399. The second-order valence-electron chi connectivity index (χ2n) is 5.09. The molecule has 3 nitrogen and oxygen atoms in total. The molecule has 0 saturated carbocycles. The highest BCUT2D eigenvalue weighted by Crippen LogP contribution is 2.25. The molecular formula is C17H16FNO2. The lowest BCUT2D eigenvalue weighted by Crippen LogP contribution is -2.24.